The lowest BCUT2D eigenvalue weighted by molar-refractivity contribution is -0.884. The zero-order valence-electron chi connectivity index (χ0n) is 19.7. The molecule has 3 aliphatic heterocycles. The summed E-state index contributed by atoms with van der Waals surface area (Å²) in [6.45, 7) is 0. The van der Waals surface area contributed by atoms with Crippen LogP contribution in [0.25, 0.3) is 6.08 Å². The molecule has 184 valence electrons. The molecule has 3 aromatic rings. The van der Waals surface area contributed by atoms with E-state index < -0.39 is 40.7 Å². The van der Waals surface area contributed by atoms with Gasteiger partial charge >= 0.3 is 0 Å². The molecule has 3 aliphatic rings. The summed E-state index contributed by atoms with van der Waals surface area (Å²) < 4.78 is 5.21. The van der Waals surface area contributed by atoms with Crippen LogP contribution < -0.4 is 14.5 Å². The Morgan fingerprint density at radius 1 is 0.973 bits per heavy atom. The molecule has 1 unspecified atom stereocenters. The number of anilines is 1. The maximum Gasteiger partial charge on any atom is 0.271 e. The van der Waals surface area contributed by atoms with E-state index in [4.69, 9.17) is 4.74 Å². The largest absolute Gasteiger partial charge is 0.497 e. The molecule has 0 radical (unpaired) electrons. The van der Waals surface area contributed by atoms with Crippen LogP contribution in [0.5, 0.6) is 5.75 Å². The number of benzene rings is 3. The van der Waals surface area contributed by atoms with Gasteiger partial charge in [0.2, 0.25) is 17.6 Å². The number of ketones is 1. The zero-order chi connectivity index (χ0) is 25.8. The highest BCUT2D eigenvalue weighted by Crippen LogP contribution is 2.45. The van der Waals surface area contributed by atoms with Crippen molar-refractivity contribution in [3.05, 3.63) is 106 Å². The fourth-order valence-electron chi connectivity index (χ4n) is 5.98. The van der Waals surface area contributed by atoms with Crippen LogP contribution in [0.4, 0.5) is 11.4 Å². The van der Waals surface area contributed by atoms with Crippen molar-refractivity contribution in [3.63, 3.8) is 0 Å². The summed E-state index contributed by atoms with van der Waals surface area (Å²) in [6, 6.07) is 18.5. The van der Waals surface area contributed by atoms with E-state index in [-0.39, 0.29) is 17.2 Å². The van der Waals surface area contributed by atoms with Crippen LogP contribution in [-0.4, -0.2) is 35.7 Å². The normalized spacial score (nSPS) is 25.4. The number of Topliss-reactive ketones (excluding diaryl/α,β-unsaturated/α-hetero) is 1. The highest BCUT2D eigenvalue weighted by Gasteiger charge is 2.68. The Hall–Kier alpha value is -4.63. The maximum absolute atomic E-state index is 13.9. The van der Waals surface area contributed by atoms with Crippen molar-refractivity contribution in [2.45, 2.75) is 12.1 Å². The van der Waals surface area contributed by atoms with E-state index in [0.29, 0.717) is 11.3 Å². The number of hydrogen-bond donors (Lipinski definition) is 1. The number of quaternary nitrogens is 1. The van der Waals surface area contributed by atoms with Gasteiger partial charge in [0, 0.05) is 23.3 Å². The van der Waals surface area contributed by atoms with Gasteiger partial charge in [0.1, 0.15) is 23.6 Å². The highest BCUT2D eigenvalue weighted by atomic mass is 16.6. The lowest BCUT2D eigenvalue weighted by Crippen LogP contribution is -3.12. The number of nitro benzene ring substituents is 1. The molecular weight excluding hydrogens is 474 g/mol. The lowest BCUT2D eigenvalue weighted by Gasteiger charge is -2.30. The van der Waals surface area contributed by atoms with Gasteiger partial charge < -0.3 is 4.74 Å². The first kappa shape index (κ1) is 22.8. The number of amides is 2. The average Bonchev–Trinajstić information content (AvgIpc) is 3.40. The van der Waals surface area contributed by atoms with E-state index >= 15 is 0 Å². The second-order valence-electron chi connectivity index (χ2n) is 9.35. The quantitative estimate of drug-likeness (QED) is 0.252. The second kappa shape index (κ2) is 8.49. The number of fused-ring (bicyclic) bond motifs is 5. The molecule has 3 aromatic carbocycles. The molecule has 2 saturated heterocycles. The molecule has 6 rings (SSSR count). The maximum atomic E-state index is 13.9. The molecule has 0 bridgehead atoms. The minimum atomic E-state index is -0.919. The number of carbonyl (C=O) groups excluding carboxylic acids is 3. The third-order valence-electron chi connectivity index (χ3n) is 7.58. The first-order valence-corrected chi connectivity index (χ1v) is 11.8. The molecule has 0 saturated carbocycles. The summed E-state index contributed by atoms with van der Waals surface area (Å²) in [5.41, 5.74) is 2.15. The van der Waals surface area contributed by atoms with Gasteiger partial charge in [-0.05, 0) is 42.0 Å². The van der Waals surface area contributed by atoms with Gasteiger partial charge in [-0.1, -0.05) is 30.3 Å². The number of carbonyl (C=O) groups is 3. The first-order chi connectivity index (χ1) is 17.9. The van der Waals surface area contributed by atoms with E-state index in [9.17, 15) is 24.5 Å². The minimum absolute atomic E-state index is 0.135. The fraction of sp³-hybridized carbons (Fsp3) is 0.179. The number of methoxy groups -OCH3 is 1. The van der Waals surface area contributed by atoms with Crippen LogP contribution in [0.15, 0.2) is 79.0 Å². The molecule has 0 spiro atoms. The number of non-ortho nitro benzene ring substituents is 1. The number of nitrogens with zero attached hydrogens (tertiary/aromatic N) is 2. The van der Waals surface area contributed by atoms with Crippen LogP contribution in [0.3, 0.4) is 0 Å². The lowest BCUT2D eigenvalue weighted by atomic mass is 9.83. The van der Waals surface area contributed by atoms with Crippen LogP contribution in [0.1, 0.15) is 27.5 Å². The van der Waals surface area contributed by atoms with Gasteiger partial charge in [0.05, 0.1) is 23.9 Å². The monoisotopic (exact) mass is 496 g/mol. The summed E-state index contributed by atoms with van der Waals surface area (Å²) >= 11 is 0. The molecule has 3 heterocycles. The van der Waals surface area contributed by atoms with Crippen molar-refractivity contribution in [2.24, 2.45) is 11.8 Å². The fourth-order valence-corrected chi connectivity index (χ4v) is 5.98. The Bertz CT molecular complexity index is 1500. The van der Waals surface area contributed by atoms with E-state index in [1.54, 1.807) is 24.3 Å². The van der Waals surface area contributed by atoms with E-state index in [1.165, 1.54) is 31.4 Å². The van der Waals surface area contributed by atoms with Gasteiger partial charge in [-0.2, -0.15) is 0 Å². The van der Waals surface area contributed by atoms with Crippen LogP contribution in [0.2, 0.25) is 0 Å². The highest BCUT2D eigenvalue weighted by molar-refractivity contribution is 6.24. The number of hydrogen-bond acceptors (Lipinski definition) is 6. The molecule has 0 aliphatic carbocycles. The van der Waals surface area contributed by atoms with Crippen molar-refractivity contribution >= 4 is 35.0 Å². The molecule has 2 amide bonds. The number of ether oxygens (including phenoxy) is 1. The first-order valence-electron chi connectivity index (χ1n) is 11.8. The summed E-state index contributed by atoms with van der Waals surface area (Å²) in [5, 5.41) is 11.3. The Kier molecular flexibility index (Phi) is 5.24. The standard InChI is InChI=1S/C28H21N3O6/c1-37-20-11-9-17(10-12-20)26(32)25-23-22(24-21-8-3-2-5-16(21)13-14-29(24)25)27(33)30(28(23)34)18-6-4-7-19(15-18)31(35)36/h2-15,22-25H,1H3/p+1/t22-,23+,24+,25+/m0/s1. The predicted octanol–water partition coefficient (Wildman–Crippen LogP) is 2.58. The average molecular weight is 496 g/mol. The van der Waals surface area contributed by atoms with Crippen molar-refractivity contribution in [2.75, 3.05) is 12.0 Å². The minimum Gasteiger partial charge on any atom is -0.497 e. The van der Waals surface area contributed by atoms with Crippen LogP contribution in [0, 0.1) is 22.0 Å². The van der Waals surface area contributed by atoms with E-state index in [2.05, 4.69) is 0 Å². The number of rotatable bonds is 5. The summed E-state index contributed by atoms with van der Waals surface area (Å²) in [4.78, 5) is 54.3. The number of nitrogens with one attached hydrogen (secondary N) is 1. The van der Waals surface area contributed by atoms with Crippen LogP contribution >= 0.6 is 0 Å². The molecule has 37 heavy (non-hydrogen) atoms. The smallest absolute Gasteiger partial charge is 0.271 e. The molecule has 2 fully saturated rings. The Morgan fingerprint density at radius 2 is 1.70 bits per heavy atom. The van der Waals surface area contributed by atoms with Crippen molar-refractivity contribution in [1.82, 2.24) is 0 Å². The van der Waals surface area contributed by atoms with Gasteiger partial charge in [-0.15, -0.1) is 0 Å². The third kappa shape index (κ3) is 3.39. The van der Waals surface area contributed by atoms with E-state index in [1.807, 2.05) is 36.5 Å². The predicted molar refractivity (Wildman–Crippen MR) is 133 cm³/mol. The van der Waals surface area contributed by atoms with Gasteiger partial charge in [-0.3, -0.25) is 29.4 Å². The second-order valence-corrected chi connectivity index (χ2v) is 9.35. The Morgan fingerprint density at radius 3 is 2.43 bits per heavy atom. The topological polar surface area (TPSA) is 111 Å². The van der Waals surface area contributed by atoms with Gasteiger partial charge in [0.25, 0.3) is 5.69 Å². The third-order valence-corrected chi connectivity index (χ3v) is 7.58. The number of nitro groups is 1. The van der Waals surface area contributed by atoms with E-state index in [0.717, 1.165) is 20.9 Å². The molecule has 9 nitrogen and oxygen atoms in total. The molecule has 9 heteroatoms. The Balaban J connectivity index is 1.47. The summed E-state index contributed by atoms with van der Waals surface area (Å²) in [5.74, 6) is -2.33. The van der Waals surface area contributed by atoms with Crippen molar-refractivity contribution in [1.29, 1.82) is 0 Å². The van der Waals surface area contributed by atoms with Crippen molar-refractivity contribution in [3.8, 4) is 5.75 Å². The Labute approximate surface area is 211 Å². The molecular formula is C28H22N3O6+. The zero-order valence-corrected chi connectivity index (χ0v) is 19.7. The number of imide groups is 1. The van der Waals surface area contributed by atoms with Gasteiger partial charge in [0.15, 0.2) is 6.04 Å². The SMILES string of the molecule is COc1ccc(C(=O)[C@H]2[C@@H]3C(=O)N(c4cccc([N+](=O)[O-])c4)C(=O)[C@@H]3[C@H]3c4ccccc4C=C[NH+]32)cc1. The molecule has 5 atom stereocenters. The van der Waals surface area contributed by atoms with Gasteiger partial charge in [-0.25, -0.2) is 4.90 Å². The summed E-state index contributed by atoms with van der Waals surface area (Å²) in [7, 11) is 1.54. The molecule has 1 N–H and O–H groups in total. The summed E-state index contributed by atoms with van der Waals surface area (Å²) in [6.07, 6.45) is 3.79. The van der Waals surface area contributed by atoms with Crippen LogP contribution in [-0.2, 0) is 9.59 Å². The molecule has 0 aromatic heterocycles. The van der Waals surface area contributed by atoms with Crippen molar-refractivity contribution < 1.29 is 28.9 Å².